The Kier molecular flexibility index (Phi) is 5.61. The van der Waals surface area contributed by atoms with E-state index < -0.39 is 11.9 Å². The van der Waals surface area contributed by atoms with Crippen LogP contribution in [0.15, 0.2) is 67.3 Å². The smallest absolute Gasteiger partial charge is 0.357 e. The van der Waals surface area contributed by atoms with E-state index in [0.29, 0.717) is 0 Å². The molecule has 0 saturated heterocycles. The fraction of sp³-hybridized carbons (Fsp3) is 0.105. The third-order valence-corrected chi connectivity index (χ3v) is 3.41. The van der Waals surface area contributed by atoms with E-state index in [1.807, 2.05) is 0 Å². The maximum Gasteiger partial charge on any atom is 0.357 e. The highest BCUT2D eigenvalue weighted by molar-refractivity contribution is 5.91. The molecule has 3 aromatic rings. The van der Waals surface area contributed by atoms with E-state index in [1.54, 1.807) is 55.1 Å². The molecule has 0 fully saturated rings. The van der Waals surface area contributed by atoms with Crippen molar-refractivity contribution >= 4 is 11.9 Å². The summed E-state index contributed by atoms with van der Waals surface area (Å²) in [5.74, 6) is -1.24. The number of rotatable bonds is 6. The number of ether oxygens (including phenoxy) is 2. The summed E-state index contributed by atoms with van der Waals surface area (Å²) in [5, 5.41) is 0. The third-order valence-electron chi connectivity index (χ3n) is 3.41. The van der Waals surface area contributed by atoms with Crippen LogP contribution in [0.1, 0.15) is 32.1 Å². The first-order valence-corrected chi connectivity index (χ1v) is 7.81. The van der Waals surface area contributed by atoms with Gasteiger partial charge in [-0.25, -0.2) is 14.6 Å². The van der Waals surface area contributed by atoms with Crippen LogP contribution < -0.4 is 0 Å². The minimum absolute atomic E-state index is 0.0393. The van der Waals surface area contributed by atoms with E-state index in [2.05, 4.69) is 15.0 Å². The van der Waals surface area contributed by atoms with Crippen molar-refractivity contribution in [1.29, 1.82) is 0 Å². The van der Waals surface area contributed by atoms with E-state index in [1.165, 1.54) is 12.1 Å². The lowest BCUT2D eigenvalue weighted by Crippen LogP contribution is -2.12. The summed E-state index contributed by atoms with van der Waals surface area (Å²) in [6.07, 6.45) is 6.45. The van der Waals surface area contributed by atoms with Gasteiger partial charge in [-0.05, 0) is 47.5 Å². The van der Waals surface area contributed by atoms with Crippen molar-refractivity contribution in [3.63, 3.8) is 0 Å². The third kappa shape index (κ3) is 4.70. The van der Waals surface area contributed by atoms with Crippen LogP contribution in [0.3, 0.4) is 0 Å². The fourth-order valence-corrected chi connectivity index (χ4v) is 2.07. The Morgan fingerprint density at radius 2 is 1.12 bits per heavy atom. The Morgan fingerprint density at radius 3 is 1.54 bits per heavy atom. The highest BCUT2D eigenvalue weighted by Gasteiger charge is 2.14. The highest BCUT2D eigenvalue weighted by Crippen LogP contribution is 2.08. The summed E-state index contributed by atoms with van der Waals surface area (Å²) in [6, 6.07) is 11.5. The van der Waals surface area contributed by atoms with Gasteiger partial charge in [0.25, 0.3) is 0 Å². The number of carbonyl (C=O) groups is 2. The van der Waals surface area contributed by atoms with E-state index in [9.17, 15) is 9.59 Å². The van der Waals surface area contributed by atoms with Crippen molar-refractivity contribution in [1.82, 2.24) is 15.0 Å². The van der Waals surface area contributed by atoms with Gasteiger partial charge >= 0.3 is 11.9 Å². The van der Waals surface area contributed by atoms with Crippen LogP contribution in [0, 0.1) is 0 Å². The summed E-state index contributed by atoms with van der Waals surface area (Å²) >= 11 is 0. The largest absolute Gasteiger partial charge is 0.456 e. The molecule has 0 bridgehead atoms. The van der Waals surface area contributed by atoms with Gasteiger partial charge in [-0.2, -0.15) is 0 Å². The summed E-state index contributed by atoms with van der Waals surface area (Å²) in [5.41, 5.74) is 1.69. The van der Waals surface area contributed by atoms with Gasteiger partial charge in [0.15, 0.2) is 0 Å². The summed E-state index contributed by atoms with van der Waals surface area (Å²) in [4.78, 5) is 36.0. The molecule has 7 nitrogen and oxygen atoms in total. The summed E-state index contributed by atoms with van der Waals surface area (Å²) < 4.78 is 10.4. The molecule has 0 amide bonds. The molecule has 0 aliphatic rings. The van der Waals surface area contributed by atoms with Gasteiger partial charge in [0.05, 0.1) is 0 Å². The number of aromatic nitrogens is 3. The van der Waals surface area contributed by atoms with Crippen molar-refractivity contribution < 1.29 is 19.1 Å². The fourth-order valence-electron chi connectivity index (χ4n) is 2.07. The second kappa shape index (κ2) is 8.48. The van der Waals surface area contributed by atoms with E-state index in [0.717, 1.165) is 11.1 Å². The zero-order valence-corrected chi connectivity index (χ0v) is 13.7. The molecule has 0 unspecified atom stereocenters. The Hall–Kier alpha value is -3.61. The standard InChI is InChI=1S/C19H15N3O4/c23-18(25-12-14-4-8-20-9-5-14)16-2-1-3-17(22-16)19(24)26-13-15-6-10-21-11-7-15/h1-11H,12-13H2. The zero-order valence-electron chi connectivity index (χ0n) is 13.7. The Morgan fingerprint density at radius 1 is 0.692 bits per heavy atom. The average molecular weight is 349 g/mol. The first-order chi connectivity index (χ1) is 12.7. The molecule has 0 aliphatic carbocycles. The van der Waals surface area contributed by atoms with Crippen molar-refractivity contribution in [2.45, 2.75) is 13.2 Å². The number of nitrogens with zero attached hydrogens (tertiary/aromatic N) is 3. The molecule has 0 radical (unpaired) electrons. The number of pyridine rings is 3. The van der Waals surface area contributed by atoms with Gasteiger partial charge in [0.2, 0.25) is 0 Å². The molecule has 0 spiro atoms. The van der Waals surface area contributed by atoms with Crippen molar-refractivity contribution in [3.05, 3.63) is 89.8 Å². The molecular formula is C19H15N3O4. The lowest BCUT2D eigenvalue weighted by Gasteiger charge is -2.07. The molecule has 3 heterocycles. The van der Waals surface area contributed by atoms with Gasteiger partial charge in [0.1, 0.15) is 24.6 Å². The molecule has 3 rings (SSSR count). The maximum atomic E-state index is 12.1. The maximum absolute atomic E-state index is 12.1. The Bertz CT molecular complexity index is 815. The van der Waals surface area contributed by atoms with Crippen molar-refractivity contribution in [2.75, 3.05) is 0 Å². The lowest BCUT2D eigenvalue weighted by atomic mass is 10.3. The number of hydrogen-bond donors (Lipinski definition) is 0. The number of hydrogen-bond acceptors (Lipinski definition) is 7. The van der Waals surface area contributed by atoms with Crippen LogP contribution >= 0.6 is 0 Å². The summed E-state index contributed by atoms with van der Waals surface area (Å²) in [7, 11) is 0. The molecule has 3 aromatic heterocycles. The molecule has 0 atom stereocenters. The summed E-state index contributed by atoms with van der Waals surface area (Å²) in [6.45, 7) is 0.194. The molecule has 7 heteroatoms. The van der Waals surface area contributed by atoms with Crippen LogP contribution in [0.25, 0.3) is 0 Å². The molecule has 0 aliphatic heterocycles. The minimum Gasteiger partial charge on any atom is -0.456 e. The van der Waals surface area contributed by atoms with E-state index in [4.69, 9.17) is 9.47 Å². The average Bonchev–Trinajstić information content (AvgIpc) is 2.72. The van der Waals surface area contributed by atoms with Gasteiger partial charge in [-0.1, -0.05) is 6.07 Å². The second-order valence-corrected chi connectivity index (χ2v) is 5.27. The number of esters is 2. The number of carbonyl (C=O) groups excluding carboxylic acids is 2. The predicted molar refractivity (Wildman–Crippen MR) is 91.0 cm³/mol. The molecular weight excluding hydrogens is 334 g/mol. The van der Waals surface area contributed by atoms with Crippen LogP contribution in [0.4, 0.5) is 0 Å². The highest BCUT2D eigenvalue weighted by atomic mass is 16.5. The second-order valence-electron chi connectivity index (χ2n) is 5.27. The van der Waals surface area contributed by atoms with Crippen molar-refractivity contribution in [3.8, 4) is 0 Å². The molecule has 0 aromatic carbocycles. The van der Waals surface area contributed by atoms with E-state index >= 15 is 0 Å². The Labute approximate surface area is 149 Å². The van der Waals surface area contributed by atoms with Crippen LogP contribution in [0.5, 0.6) is 0 Å². The van der Waals surface area contributed by atoms with Gasteiger partial charge < -0.3 is 9.47 Å². The first-order valence-electron chi connectivity index (χ1n) is 7.81. The topological polar surface area (TPSA) is 91.3 Å². The SMILES string of the molecule is O=C(OCc1ccncc1)c1cccc(C(=O)OCc2ccncc2)n1. The van der Waals surface area contributed by atoms with E-state index in [-0.39, 0.29) is 24.6 Å². The van der Waals surface area contributed by atoms with Gasteiger partial charge in [0, 0.05) is 24.8 Å². The predicted octanol–water partition coefficient (Wildman–Crippen LogP) is 2.59. The molecule has 0 saturated carbocycles. The zero-order chi connectivity index (χ0) is 18.2. The molecule has 0 N–H and O–H groups in total. The first kappa shape index (κ1) is 17.2. The quantitative estimate of drug-likeness (QED) is 0.632. The van der Waals surface area contributed by atoms with Gasteiger partial charge in [-0.3, -0.25) is 9.97 Å². The lowest BCUT2D eigenvalue weighted by molar-refractivity contribution is 0.0456. The van der Waals surface area contributed by atoms with Crippen LogP contribution in [-0.2, 0) is 22.7 Å². The normalized spacial score (nSPS) is 10.2. The Balaban J connectivity index is 1.60. The molecule has 26 heavy (non-hydrogen) atoms. The minimum atomic E-state index is -0.620. The van der Waals surface area contributed by atoms with Crippen molar-refractivity contribution in [2.24, 2.45) is 0 Å². The monoisotopic (exact) mass is 349 g/mol. The van der Waals surface area contributed by atoms with Crippen LogP contribution in [-0.4, -0.2) is 26.9 Å². The van der Waals surface area contributed by atoms with Crippen LogP contribution in [0.2, 0.25) is 0 Å². The van der Waals surface area contributed by atoms with Gasteiger partial charge in [-0.15, -0.1) is 0 Å². The molecule has 130 valence electrons.